The molecule has 0 saturated heterocycles. The number of nitrogens with two attached hydrogens (primary N) is 1. The van der Waals surface area contributed by atoms with Gasteiger partial charge in [0.15, 0.2) is 0 Å². The molecule has 7 nitrogen and oxygen atoms in total. The summed E-state index contributed by atoms with van der Waals surface area (Å²) in [5.74, 6) is -0.557. The molecule has 0 fully saturated rings. The normalized spacial score (nSPS) is 15.5. The average Bonchev–Trinajstić information content (AvgIpc) is 3.15. The molecule has 2 heterocycles. The summed E-state index contributed by atoms with van der Waals surface area (Å²) in [4.78, 5) is 17.2. The highest BCUT2D eigenvalue weighted by atomic mass is 32.1. The number of allylic oxidation sites excluding steroid dienone is 1. The predicted molar refractivity (Wildman–Crippen MR) is 138 cm³/mol. The van der Waals surface area contributed by atoms with E-state index in [0.717, 1.165) is 22.5 Å². The maximum Gasteiger partial charge on any atom is 0.274 e. The van der Waals surface area contributed by atoms with Crippen LogP contribution in [0.25, 0.3) is 17.5 Å². The Morgan fingerprint density at radius 3 is 1.94 bits per heavy atom. The third kappa shape index (κ3) is 3.85. The number of fused-ring (bicyclic) bond motifs is 1. The summed E-state index contributed by atoms with van der Waals surface area (Å²) in [6.45, 7) is 0. The number of rotatable bonds is 4. The van der Waals surface area contributed by atoms with Crippen molar-refractivity contribution >= 4 is 40.2 Å². The first-order valence-corrected chi connectivity index (χ1v) is 11.4. The molecule has 4 rings (SSSR count). The lowest BCUT2D eigenvalue weighted by atomic mass is 9.84. The Labute approximate surface area is 201 Å². The van der Waals surface area contributed by atoms with Crippen molar-refractivity contribution in [1.82, 2.24) is 4.57 Å². The number of anilines is 2. The van der Waals surface area contributed by atoms with Crippen LogP contribution in [-0.4, -0.2) is 32.8 Å². The second-order valence-electron chi connectivity index (χ2n) is 8.40. The molecule has 1 aromatic heterocycles. The zero-order valence-corrected chi connectivity index (χ0v) is 20.2. The van der Waals surface area contributed by atoms with E-state index in [1.54, 1.807) is 6.08 Å². The molecule has 34 heavy (non-hydrogen) atoms. The van der Waals surface area contributed by atoms with E-state index in [2.05, 4.69) is 12.1 Å². The first kappa shape index (κ1) is 22.9. The molecule has 8 heteroatoms. The number of hydrogen-bond donors (Lipinski definition) is 1. The molecule has 0 bridgehead atoms. The van der Waals surface area contributed by atoms with Crippen LogP contribution in [0.5, 0.6) is 0 Å². The van der Waals surface area contributed by atoms with Gasteiger partial charge in [0.25, 0.3) is 5.56 Å². The van der Waals surface area contributed by atoms with Crippen molar-refractivity contribution in [2.45, 2.75) is 5.92 Å². The Balaban J connectivity index is 1.94. The molecule has 0 amide bonds. The van der Waals surface area contributed by atoms with E-state index < -0.39 is 5.92 Å². The van der Waals surface area contributed by atoms with Gasteiger partial charge in [-0.1, -0.05) is 24.3 Å². The second-order valence-corrected chi connectivity index (χ2v) is 9.43. The van der Waals surface area contributed by atoms with Gasteiger partial charge in [0.05, 0.1) is 33.7 Å². The zero-order valence-electron chi connectivity index (χ0n) is 19.4. The molecular weight excluding hydrogens is 444 g/mol. The van der Waals surface area contributed by atoms with Crippen molar-refractivity contribution in [3.8, 4) is 12.1 Å². The minimum absolute atomic E-state index is 0.0713. The van der Waals surface area contributed by atoms with E-state index in [9.17, 15) is 15.3 Å². The molecule has 170 valence electrons. The Bertz CT molecular complexity index is 1540. The molecule has 0 saturated carbocycles. The fourth-order valence-corrected chi connectivity index (χ4v) is 5.10. The van der Waals surface area contributed by atoms with E-state index in [-0.39, 0.29) is 17.0 Å². The number of nitriles is 2. The molecule has 3 aromatic rings. The Kier molecular flexibility index (Phi) is 6.02. The lowest BCUT2D eigenvalue weighted by Gasteiger charge is -2.23. The molecule has 0 radical (unpaired) electrons. The van der Waals surface area contributed by atoms with Crippen molar-refractivity contribution in [2.24, 2.45) is 5.73 Å². The van der Waals surface area contributed by atoms with Crippen molar-refractivity contribution in [1.29, 1.82) is 10.5 Å². The standard InChI is InChI=1S/C26H24N6OS/c1-30(2)18-9-5-16(6-10-18)13-22-25(33)32-24(29)20(14-27)23(21(15-28)26(32)34-22)17-7-11-19(12-8-17)31(3)4/h5-13,23H,29H2,1-4H3. The van der Waals surface area contributed by atoms with Gasteiger partial charge in [-0.3, -0.25) is 9.36 Å². The third-order valence-corrected chi connectivity index (χ3v) is 6.95. The zero-order chi connectivity index (χ0) is 24.6. The molecule has 1 aliphatic rings. The Hall–Kier alpha value is -4.27. The van der Waals surface area contributed by atoms with Gasteiger partial charge >= 0.3 is 0 Å². The fourth-order valence-electron chi connectivity index (χ4n) is 3.97. The van der Waals surface area contributed by atoms with Gasteiger partial charge in [0, 0.05) is 39.6 Å². The summed E-state index contributed by atoms with van der Waals surface area (Å²) in [6, 6.07) is 19.9. The van der Waals surface area contributed by atoms with Crippen LogP contribution >= 0.6 is 11.3 Å². The van der Waals surface area contributed by atoms with Crippen molar-refractivity contribution in [3.05, 3.63) is 84.8 Å². The van der Waals surface area contributed by atoms with E-state index in [4.69, 9.17) is 5.73 Å². The third-order valence-electron chi connectivity index (χ3n) is 5.84. The van der Waals surface area contributed by atoms with Crippen LogP contribution in [0.1, 0.15) is 17.0 Å². The van der Waals surface area contributed by atoms with Gasteiger partial charge in [-0.05, 0) is 41.5 Å². The second kappa shape index (κ2) is 8.93. The number of benzene rings is 2. The summed E-state index contributed by atoms with van der Waals surface area (Å²) >= 11 is 1.22. The van der Waals surface area contributed by atoms with Gasteiger partial charge < -0.3 is 15.5 Å². The highest BCUT2D eigenvalue weighted by Gasteiger charge is 2.32. The smallest absolute Gasteiger partial charge is 0.274 e. The van der Waals surface area contributed by atoms with Gasteiger partial charge in [-0.15, -0.1) is 11.3 Å². The molecule has 1 atom stereocenters. The van der Waals surface area contributed by atoms with Crippen molar-refractivity contribution in [2.75, 3.05) is 38.0 Å². The first-order chi connectivity index (χ1) is 16.3. The Morgan fingerprint density at radius 1 is 0.912 bits per heavy atom. The summed E-state index contributed by atoms with van der Waals surface area (Å²) in [6.07, 6.45) is 1.78. The SMILES string of the molecule is CN(C)c1ccc(C=c2sc3n(c2=O)C(N)=C(C#N)C(c2ccc(N(C)C)cc2)C=3C#N)cc1. The molecule has 1 aliphatic heterocycles. The monoisotopic (exact) mass is 468 g/mol. The number of aromatic nitrogens is 1. The summed E-state index contributed by atoms with van der Waals surface area (Å²) < 4.78 is 2.21. The van der Waals surface area contributed by atoms with Gasteiger partial charge in [0.2, 0.25) is 0 Å². The molecule has 0 aliphatic carbocycles. The number of nitrogens with zero attached hydrogens (tertiary/aromatic N) is 5. The molecule has 0 spiro atoms. The van der Waals surface area contributed by atoms with Crippen LogP contribution < -0.4 is 30.3 Å². The van der Waals surface area contributed by atoms with Gasteiger partial charge in [-0.2, -0.15) is 10.5 Å². The lowest BCUT2D eigenvalue weighted by molar-refractivity contribution is 0.906. The van der Waals surface area contributed by atoms with Crippen molar-refractivity contribution in [3.63, 3.8) is 0 Å². The van der Waals surface area contributed by atoms with E-state index in [1.807, 2.05) is 86.5 Å². The van der Waals surface area contributed by atoms with E-state index in [1.165, 1.54) is 15.9 Å². The van der Waals surface area contributed by atoms with E-state index in [0.29, 0.717) is 14.8 Å². The maximum absolute atomic E-state index is 13.3. The quantitative estimate of drug-likeness (QED) is 0.628. The Morgan fingerprint density at radius 2 is 1.44 bits per heavy atom. The molecule has 2 N–H and O–H groups in total. The number of thiazole rings is 1. The van der Waals surface area contributed by atoms with Crippen LogP contribution in [0.3, 0.4) is 0 Å². The molecular formula is C26H24N6OS. The fraction of sp³-hybridized carbons (Fsp3) is 0.192. The van der Waals surface area contributed by atoms with Crippen LogP contribution in [-0.2, 0) is 0 Å². The largest absolute Gasteiger partial charge is 0.384 e. The van der Waals surface area contributed by atoms with Crippen LogP contribution in [0.2, 0.25) is 0 Å². The number of hydrogen-bond acceptors (Lipinski definition) is 7. The van der Waals surface area contributed by atoms with Gasteiger partial charge in [-0.25, -0.2) is 0 Å². The highest BCUT2D eigenvalue weighted by Crippen LogP contribution is 2.36. The highest BCUT2D eigenvalue weighted by molar-refractivity contribution is 7.07. The average molecular weight is 469 g/mol. The van der Waals surface area contributed by atoms with Gasteiger partial charge in [0.1, 0.15) is 10.5 Å². The lowest BCUT2D eigenvalue weighted by Crippen LogP contribution is -2.38. The summed E-state index contributed by atoms with van der Waals surface area (Å²) in [5, 5.41) is 20.0. The van der Waals surface area contributed by atoms with E-state index >= 15 is 0 Å². The van der Waals surface area contributed by atoms with Crippen LogP contribution in [0.15, 0.2) is 58.9 Å². The van der Waals surface area contributed by atoms with Crippen molar-refractivity contribution < 1.29 is 0 Å². The predicted octanol–water partition coefficient (Wildman–Crippen LogP) is 1.99. The van der Waals surface area contributed by atoms with Crippen LogP contribution in [0.4, 0.5) is 11.4 Å². The topological polar surface area (TPSA) is 102 Å². The summed E-state index contributed by atoms with van der Waals surface area (Å²) in [5.41, 5.74) is 10.2. The minimum Gasteiger partial charge on any atom is -0.384 e. The molecule has 1 unspecified atom stereocenters. The first-order valence-electron chi connectivity index (χ1n) is 10.6. The van der Waals surface area contributed by atoms with Crippen LogP contribution in [0, 0.1) is 22.7 Å². The minimum atomic E-state index is -0.628. The summed E-state index contributed by atoms with van der Waals surface area (Å²) in [7, 11) is 7.81. The maximum atomic E-state index is 13.3. The molecule has 2 aromatic carbocycles.